The van der Waals surface area contributed by atoms with Gasteiger partial charge in [-0.15, -0.1) is 0 Å². The monoisotopic (exact) mass is 337 g/mol. The fourth-order valence-corrected chi connectivity index (χ4v) is 3.42. The molecule has 0 aromatic rings. The average Bonchev–Trinajstić information content (AvgIpc) is 2.51. The number of hydrogen-bond acceptors (Lipinski definition) is 3. The summed E-state index contributed by atoms with van der Waals surface area (Å²) in [5.41, 5.74) is 1.88. The van der Waals surface area contributed by atoms with Gasteiger partial charge in [-0.3, -0.25) is 9.69 Å². The Kier molecular flexibility index (Phi) is 3.97. The number of carbonyl (C=O) groups excluding carboxylic acids is 2. The van der Waals surface area contributed by atoms with Gasteiger partial charge in [-0.1, -0.05) is 0 Å². The molecule has 0 aromatic carbocycles. The van der Waals surface area contributed by atoms with Crippen LogP contribution >= 0.6 is 0 Å². The number of Topliss-reactive ketones (excluding diaryl/α,β-unsaturated/α-hetero) is 1. The minimum Gasteiger partial charge on any atom is -0.298 e. The van der Waals surface area contributed by atoms with Crippen molar-refractivity contribution in [3.8, 4) is 0 Å². The van der Waals surface area contributed by atoms with Crippen LogP contribution < -0.4 is 0 Å². The topological polar surface area (TPSA) is 43.9 Å². The summed E-state index contributed by atoms with van der Waals surface area (Å²) in [5, 5.41) is 2.91. The van der Waals surface area contributed by atoms with Gasteiger partial charge in [0.25, 0.3) is 0 Å². The van der Waals surface area contributed by atoms with E-state index in [0.717, 1.165) is 5.57 Å². The number of hydrazine groups is 1. The molecule has 3 rings (SSSR count). The Hall–Kier alpha value is -2.18. The number of carbonyl (C=O) groups is 2. The number of allylic oxidation sites excluding steroid dienone is 4. The summed E-state index contributed by atoms with van der Waals surface area (Å²) in [6.07, 6.45) is 5.43. The van der Waals surface area contributed by atoms with Gasteiger partial charge in [0, 0.05) is 50.8 Å². The maximum absolute atomic E-state index is 13.4. The summed E-state index contributed by atoms with van der Waals surface area (Å²) in [6.45, 7) is 3.26. The van der Waals surface area contributed by atoms with E-state index in [9.17, 15) is 18.4 Å². The molecule has 0 N–H and O–H groups in total. The Morgan fingerprint density at radius 2 is 1.83 bits per heavy atom. The van der Waals surface area contributed by atoms with Crippen molar-refractivity contribution in [2.75, 3.05) is 7.05 Å². The summed E-state index contributed by atoms with van der Waals surface area (Å²) in [4.78, 5) is 26.1. The molecule has 0 atom stereocenters. The summed E-state index contributed by atoms with van der Waals surface area (Å²) in [7, 11) is 1.65. The SMILES string of the molecule is CC(=O)C1=CC(C)=CN2C(=O)N(C)C(C3CCC(F)(F)CC3)=CN12. The first-order valence-electron chi connectivity index (χ1n) is 8.06. The molecule has 0 saturated heterocycles. The quantitative estimate of drug-likeness (QED) is 0.773. The second kappa shape index (κ2) is 5.72. The normalized spacial score (nSPS) is 24.3. The molecule has 2 heterocycles. The third kappa shape index (κ3) is 2.83. The summed E-state index contributed by atoms with van der Waals surface area (Å²) >= 11 is 0. The van der Waals surface area contributed by atoms with Gasteiger partial charge in [-0.05, 0) is 31.4 Å². The van der Waals surface area contributed by atoms with E-state index in [1.54, 1.807) is 25.5 Å². The van der Waals surface area contributed by atoms with Crippen LogP contribution in [0.25, 0.3) is 0 Å². The predicted octanol–water partition coefficient (Wildman–Crippen LogP) is 3.63. The number of fused-ring (bicyclic) bond motifs is 1. The molecule has 2 amide bonds. The van der Waals surface area contributed by atoms with Crippen molar-refractivity contribution in [3.63, 3.8) is 0 Å². The Balaban J connectivity index is 1.94. The van der Waals surface area contributed by atoms with Gasteiger partial charge in [0.1, 0.15) is 5.70 Å². The van der Waals surface area contributed by atoms with E-state index in [0.29, 0.717) is 24.2 Å². The second-order valence-electron chi connectivity index (χ2n) is 6.67. The molecule has 0 radical (unpaired) electrons. The number of halogens is 2. The molecule has 3 aliphatic rings. The molecule has 0 unspecified atom stereocenters. The van der Waals surface area contributed by atoms with E-state index in [1.165, 1.54) is 21.8 Å². The van der Waals surface area contributed by atoms with Crippen molar-refractivity contribution in [2.45, 2.75) is 45.5 Å². The van der Waals surface area contributed by atoms with E-state index < -0.39 is 5.92 Å². The van der Waals surface area contributed by atoms with E-state index in [-0.39, 0.29) is 30.6 Å². The van der Waals surface area contributed by atoms with Gasteiger partial charge < -0.3 is 0 Å². The Labute approximate surface area is 139 Å². The van der Waals surface area contributed by atoms with Gasteiger partial charge in [-0.25, -0.2) is 23.6 Å². The number of hydrogen-bond donors (Lipinski definition) is 0. The first-order chi connectivity index (χ1) is 11.2. The molecule has 1 fully saturated rings. The molecule has 2 aliphatic heterocycles. The molecule has 0 spiro atoms. The van der Waals surface area contributed by atoms with Crippen LogP contribution in [0.2, 0.25) is 0 Å². The molecular weight excluding hydrogens is 316 g/mol. The molecule has 130 valence electrons. The van der Waals surface area contributed by atoms with Crippen molar-refractivity contribution >= 4 is 11.8 Å². The molecule has 1 aliphatic carbocycles. The van der Waals surface area contributed by atoms with Crippen LogP contribution in [0.1, 0.15) is 39.5 Å². The lowest BCUT2D eigenvalue weighted by atomic mass is 9.84. The highest BCUT2D eigenvalue weighted by Crippen LogP contribution is 2.41. The predicted molar refractivity (Wildman–Crippen MR) is 84.3 cm³/mol. The Bertz CT molecular complexity index is 671. The van der Waals surface area contributed by atoms with Crippen LogP contribution in [0.15, 0.2) is 35.4 Å². The fraction of sp³-hybridized carbons (Fsp3) is 0.529. The van der Waals surface area contributed by atoms with Crippen LogP contribution in [-0.4, -0.2) is 39.7 Å². The molecule has 1 saturated carbocycles. The zero-order valence-corrected chi connectivity index (χ0v) is 14.1. The summed E-state index contributed by atoms with van der Waals surface area (Å²) < 4.78 is 26.8. The molecule has 24 heavy (non-hydrogen) atoms. The number of urea groups is 1. The van der Waals surface area contributed by atoms with Gasteiger partial charge in [0.2, 0.25) is 5.92 Å². The minimum absolute atomic E-state index is 0.110. The third-order valence-corrected chi connectivity index (χ3v) is 4.79. The van der Waals surface area contributed by atoms with Crippen LogP contribution in [0.4, 0.5) is 13.6 Å². The first-order valence-corrected chi connectivity index (χ1v) is 8.06. The smallest absolute Gasteiger partial charge is 0.298 e. The van der Waals surface area contributed by atoms with Crippen molar-refractivity contribution in [3.05, 3.63) is 35.4 Å². The lowest BCUT2D eigenvalue weighted by molar-refractivity contribution is -0.116. The number of amides is 2. The van der Waals surface area contributed by atoms with Crippen molar-refractivity contribution in [2.24, 2.45) is 5.92 Å². The zero-order chi connectivity index (χ0) is 17.6. The molecule has 5 nitrogen and oxygen atoms in total. The van der Waals surface area contributed by atoms with E-state index >= 15 is 0 Å². The highest BCUT2D eigenvalue weighted by atomic mass is 19.3. The zero-order valence-electron chi connectivity index (χ0n) is 14.1. The molecular formula is C17H21F2N3O2. The van der Waals surface area contributed by atoms with E-state index in [2.05, 4.69) is 0 Å². The highest BCUT2D eigenvalue weighted by Gasteiger charge is 2.41. The number of nitrogens with zero attached hydrogens (tertiary/aromatic N) is 3. The van der Waals surface area contributed by atoms with Crippen molar-refractivity contribution < 1.29 is 18.4 Å². The molecule has 7 heteroatoms. The Morgan fingerprint density at radius 1 is 1.21 bits per heavy atom. The van der Waals surface area contributed by atoms with Gasteiger partial charge >= 0.3 is 6.03 Å². The summed E-state index contributed by atoms with van der Waals surface area (Å²) in [5.74, 6) is -2.88. The van der Waals surface area contributed by atoms with Gasteiger partial charge in [0.15, 0.2) is 5.78 Å². The Morgan fingerprint density at radius 3 is 2.42 bits per heavy atom. The van der Waals surface area contributed by atoms with Crippen LogP contribution in [-0.2, 0) is 4.79 Å². The third-order valence-electron chi connectivity index (χ3n) is 4.79. The van der Waals surface area contributed by atoms with Crippen LogP contribution in [0.5, 0.6) is 0 Å². The van der Waals surface area contributed by atoms with E-state index in [1.807, 2.05) is 6.92 Å². The fourth-order valence-electron chi connectivity index (χ4n) is 3.42. The second-order valence-corrected chi connectivity index (χ2v) is 6.67. The lowest BCUT2D eigenvalue weighted by Gasteiger charge is -2.44. The number of alkyl halides is 2. The van der Waals surface area contributed by atoms with Crippen molar-refractivity contribution in [1.29, 1.82) is 0 Å². The van der Waals surface area contributed by atoms with Gasteiger partial charge in [0.05, 0.1) is 0 Å². The highest BCUT2D eigenvalue weighted by molar-refractivity contribution is 5.94. The average molecular weight is 337 g/mol. The maximum atomic E-state index is 13.4. The maximum Gasteiger partial charge on any atom is 0.347 e. The molecule has 0 aromatic heterocycles. The number of ketones is 1. The van der Waals surface area contributed by atoms with Crippen molar-refractivity contribution in [1.82, 2.24) is 14.9 Å². The van der Waals surface area contributed by atoms with Crippen LogP contribution in [0, 0.1) is 5.92 Å². The van der Waals surface area contributed by atoms with Crippen LogP contribution in [0.3, 0.4) is 0 Å². The first kappa shape index (κ1) is 16.7. The molecule has 0 bridgehead atoms. The van der Waals surface area contributed by atoms with E-state index in [4.69, 9.17) is 0 Å². The lowest BCUT2D eigenvalue weighted by Crippen LogP contribution is -2.53. The summed E-state index contributed by atoms with van der Waals surface area (Å²) in [6, 6.07) is -0.295. The minimum atomic E-state index is -2.62. The largest absolute Gasteiger partial charge is 0.347 e. The van der Waals surface area contributed by atoms with Gasteiger partial charge in [-0.2, -0.15) is 0 Å². The standard InChI is InChI=1S/C17H21F2N3O2/c1-11-8-14(12(2)23)21-10-15(20(3)16(24)22(21)9-11)13-4-6-17(18,19)7-5-13/h8-10,13H,4-7H2,1-3H3. The number of rotatable bonds is 2.